The SMILES string of the molecule is CC(C)(C)c1cc(COS(=O)(=O)Cc2cc(C(C)(C)C)c(O)c(C(C)(C)C)c2)cc(C(C)(C)C)c1O. The molecule has 2 N–H and O–H groups in total. The van der Waals surface area contributed by atoms with Gasteiger partial charge in [0.1, 0.15) is 17.3 Å². The number of rotatable bonds is 5. The van der Waals surface area contributed by atoms with E-state index in [1.165, 1.54) is 0 Å². The van der Waals surface area contributed by atoms with Gasteiger partial charge in [0, 0.05) is 0 Å². The third kappa shape index (κ3) is 7.25. The minimum absolute atomic E-state index is 0.120. The molecule has 0 atom stereocenters. The number of hydrogen-bond acceptors (Lipinski definition) is 5. The summed E-state index contributed by atoms with van der Waals surface area (Å²) >= 11 is 0. The topological polar surface area (TPSA) is 83.8 Å². The maximum atomic E-state index is 13.1. The normalized spacial score (nSPS) is 13.8. The van der Waals surface area contributed by atoms with Gasteiger partial charge >= 0.3 is 0 Å². The van der Waals surface area contributed by atoms with E-state index in [2.05, 4.69) is 0 Å². The molecule has 0 bridgehead atoms. The van der Waals surface area contributed by atoms with Gasteiger partial charge in [-0.2, -0.15) is 8.42 Å². The summed E-state index contributed by atoms with van der Waals surface area (Å²) < 4.78 is 31.7. The molecule has 6 heteroatoms. The predicted octanol–water partition coefficient (Wildman–Crippen LogP) is 7.33. The van der Waals surface area contributed by atoms with Crippen molar-refractivity contribution in [2.45, 2.75) is 117 Å². The minimum atomic E-state index is -3.92. The molecule has 0 saturated heterocycles. The van der Waals surface area contributed by atoms with E-state index in [1.807, 2.05) is 95.2 Å². The van der Waals surface area contributed by atoms with Crippen molar-refractivity contribution in [1.29, 1.82) is 0 Å². The van der Waals surface area contributed by atoms with Crippen LogP contribution in [0.5, 0.6) is 11.5 Å². The molecule has 0 aromatic heterocycles. The van der Waals surface area contributed by atoms with Gasteiger partial charge in [-0.1, -0.05) is 95.2 Å². The van der Waals surface area contributed by atoms with Crippen molar-refractivity contribution >= 4 is 10.1 Å². The van der Waals surface area contributed by atoms with Crippen molar-refractivity contribution in [2.75, 3.05) is 0 Å². The van der Waals surface area contributed by atoms with E-state index in [0.29, 0.717) is 22.3 Å². The Balaban J connectivity index is 2.44. The number of aromatic hydroxyl groups is 2. The quantitative estimate of drug-likeness (QED) is 0.405. The van der Waals surface area contributed by atoms with Crippen molar-refractivity contribution < 1.29 is 22.8 Å². The molecule has 2 aromatic carbocycles. The Labute approximate surface area is 219 Å². The Morgan fingerprint density at radius 2 is 0.861 bits per heavy atom. The van der Waals surface area contributed by atoms with Crippen molar-refractivity contribution in [3.8, 4) is 11.5 Å². The van der Waals surface area contributed by atoms with Crippen LogP contribution in [0.25, 0.3) is 0 Å². The molecule has 0 amide bonds. The molecule has 2 rings (SSSR count). The zero-order valence-corrected chi connectivity index (χ0v) is 25.1. The van der Waals surface area contributed by atoms with Crippen LogP contribution in [0.3, 0.4) is 0 Å². The van der Waals surface area contributed by atoms with E-state index < -0.39 is 10.1 Å². The Morgan fingerprint density at radius 3 is 1.14 bits per heavy atom. The van der Waals surface area contributed by atoms with Crippen molar-refractivity contribution in [1.82, 2.24) is 0 Å². The molecule has 2 aromatic rings. The molecule has 0 saturated carbocycles. The first-order valence-electron chi connectivity index (χ1n) is 12.5. The lowest BCUT2D eigenvalue weighted by Gasteiger charge is -2.28. The van der Waals surface area contributed by atoms with Crippen LogP contribution in [0.4, 0.5) is 0 Å². The van der Waals surface area contributed by atoms with Crippen LogP contribution in [0.2, 0.25) is 0 Å². The molecule has 5 nitrogen and oxygen atoms in total. The van der Waals surface area contributed by atoms with Crippen LogP contribution in [0.15, 0.2) is 24.3 Å². The molecule has 36 heavy (non-hydrogen) atoms. The first-order chi connectivity index (χ1) is 15.9. The molecule has 0 fully saturated rings. The Bertz CT molecular complexity index is 1140. The summed E-state index contributed by atoms with van der Waals surface area (Å²) in [5.41, 5.74) is 2.86. The fourth-order valence-electron chi connectivity index (χ4n) is 4.25. The zero-order valence-electron chi connectivity index (χ0n) is 24.3. The lowest BCUT2D eigenvalue weighted by atomic mass is 9.78. The molecule has 0 radical (unpaired) electrons. The average molecular weight is 519 g/mol. The van der Waals surface area contributed by atoms with Gasteiger partial charge in [0.2, 0.25) is 0 Å². The molecule has 0 spiro atoms. The van der Waals surface area contributed by atoms with Crippen LogP contribution in [-0.4, -0.2) is 18.6 Å². The van der Waals surface area contributed by atoms with E-state index in [4.69, 9.17) is 4.18 Å². The van der Waals surface area contributed by atoms with E-state index in [1.54, 1.807) is 12.1 Å². The van der Waals surface area contributed by atoms with E-state index in [-0.39, 0.29) is 45.5 Å². The molecule has 0 aliphatic heterocycles. The van der Waals surface area contributed by atoms with Gasteiger partial charge in [-0.25, -0.2) is 0 Å². The summed E-state index contributed by atoms with van der Waals surface area (Å²) in [4.78, 5) is 0. The summed E-state index contributed by atoms with van der Waals surface area (Å²) in [6, 6.07) is 7.19. The summed E-state index contributed by atoms with van der Waals surface area (Å²) in [6.07, 6.45) is 0. The minimum Gasteiger partial charge on any atom is -0.507 e. The highest BCUT2D eigenvalue weighted by Gasteiger charge is 2.29. The number of hydrogen-bond donors (Lipinski definition) is 2. The molecule has 0 aliphatic carbocycles. The highest BCUT2D eigenvalue weighted by Crippen LogP contribution is 2.41. The fourth-order valence-corrected chi connectivity index (χ4v) is 5.22. The smallest absolute Gasteiger partial charge is 0.271 e. The number of phenolic OH excluding ortho intramolecular Hbond substituents is 2. The summed E-state index contributed by atoms with van der Waals surface area (Å²) in [5, 5.41) is 21.9. The van der Waals surface area contributed by atoms with Gasteiger partial charge in [-0.15, -0.1) is 0 Å². The molecular formula is C30H46O5S. The van der Waals surface area contributed by atoms with Gasteiger partial charge in [0.15, 0.2) is 0 Å². The van der Waals surface area contributed by atoms with E-state index in [9.17, 15) is 18.6 Å². The lowest BCUT2D eigenvalue weighted by molar-refractivity contribution is 0.306. The zero-order chi connectivity index (χ0) is 28.1. The van der Waals surface area contributed by atoms with Crippen LogP contribution in [-0.2, 0) is 48.3 Å². The van der Waals surface area contributed by atoms with Crippen LogP contribution in [0, 0.1) is 0 Å². The Kier molecular flexibility index (Phi) is 8.11. The van der Waals surface area contributed by atoms with Gasteiger partial charge < -0.3 is 10.2 Å². The number of benzene rings is 2. The predicted molar refractivity (Wildman–Crippen MR) is 148 cm³/mol. The fraction of sp³-hybridized carbons (Fsp3) is 0.600. The maximum Gasteiger partial charge on any atom is 0.271 e. The lowest BCUT2D eigenvalue weighted by Crippen LogP contribution is -2.19. The van der Waals surface area contributed by atoms with Crippen molar-refractivity contribution in [3.05, 3.63) is 57.6 Å². The summed E-state index contributed by atoms with van der Waals surface area (Å²) in [7, 11) is -3.92. The third-order valence-corrected chi connectivity index (χ3v) is 7.48. The molecular weight excluding hydrogens is 472 g/mol. The third-order valence-electron chi connectivity index (χ3n) is 6.32. The Hall–Kier alpha value is -2.05. The van der Waals surface area contributed by atoms with Crippen molar-refractivity contribution in [2.24, 2.45) is 0 Å². The van der Waals surface area contributed by atoms with E-state index in [0.717, 1.165) is 11.1 Å². The first kappa shape index (κ1) is 30.2. The second kappa shape index (κ2) is 9.68. The van der Waals surface area contributed by atoms with Gasteiger partial charge in [0.05, 0.1) is 6.61 Å². The maximum absolute atomic E-state index is 13.1. The average Bonchev–Trinajstić information content (AvgIpc) is 2.64. The first-order valence-corrected chi connectivity index (χ1v) is 14.1. The van der Waals surface area contributed by atoms with Gasteiger partial charge in [-0.05, 0) is 67.2 Å². The van der Waals surface area contributed by atoms with Crippen molar-refractivity contribution in [3.63, 3.8) is 0 Å². The van der Waals surface area contributed by atoms with Crippen LogP contribution >= 0.6 is 0 Å². The molecule has 0 heterocycles. The standard InChI is InChI=1S/C30H46O5S/c1-27(2,3)21-13-19(14-22(25(21)31)28(4,5)6)17-35-36(33,34)18-20-15-23(29(7,8)9)26(32)24(16-20)30(10,11)12/h13-16,31-32H,17-18H2,1-12H3. The summed E-state index contributed by atoms with van der Waals surface area (Å²) in [5.74, 6) is 0.163. The number of phenols is 2. The summed E-state index contributed by atoms with van der Waals surface area (Å²) in [6.45, 7) is 23.9. The highest BCUT2D eigenvalue weighted by molar-refractivity contribution is 7.85. The largest absolute Gasteiger partial charge is 0.507 e. The van der Waals surface area contributed by atoms with Gasteiger partial charge in [-0.3, -0.25) is 4.18 Å². The van der Waals surface area contributed by atoms with Crippen LogP contribution < -0.4 is 0 Å². The van der Waals surface area contributed by atoms with Gasteiger partial charge in [0.25, 0.3) is 10.1 Å². The van der Waals surface area contributed by atoms with Crippen LogP contribution in [0.1, 0.15) is 116 Å². The monoisotopic (exact) mass is 518 g/mol. The second-order valence-electron chi connectivity index (χ2n) is 14.0. The molecule has 202 valence electrons. The molecule has 0 unspecified atom stereocenters. The molecule has 0 aliphatic rings. The Morgan fingerprint density at radius 1 is 0.583 bits per heavy atom. The highest BCUT2D eigenvalue weighted by atomic mass is 32.2. The second-order valence-corrected chi connectivity index (χ2v) is 15.7. The van der Waals surface area contributed by atoms with E-state index >= 15 is 0 Å².